The summed E-state index contributed by atoms with van der Waals surface area (Å²) >= 11 is 0. The van der Waals surface area contributed by atoms with Gasteiger partial charge in [-0.25, -0.2) is 0 Å². The maximum Gasteiger partial charge on any atom is 0.310 e. The molecule has 1 aromatic rings. The molecule has 0 heterocycles. The predicted octanol–water partition coefficient (Wildman–Crippen LogP) is 3.33. The molecule has 1 N–H and O–H groups in total. The first-order valence-corrected chi connectivity index (χ1v) is 8.88. The van der Waals surface area contributed by atoms with Crippen LogP contribution in [0, 0.1) is 25.7 Å². The SMILES string of the molecule is Cc1ccc(CC(=O)OCC(=O)N[C@H]2CCC[C@H](C)[C@H]2C)cc1C. The van der Waals surface area contributed by atoms with Crippen molar-refractivity contribution in [1.29, 1.82) is 0 Å². The fraction of sp³-hybridized carbons (Fsp3) is 0.600. The zero-order chi connectivity index (χ0) is 17.7. The van der Waals surface area contributed by atoms with Crippen LogP contribution in [0.3, 0.4) is 0 Å². The number of ether oxygens (including phenoxy) is 1. The van der Waals surface area contributed by atoms with Gasteiger partial charge in [-0.15, -0.1) is 0 Å². The summed E-state index contributed by atoms with van der Waals surface area (Å²) in [4.78, 5) is 24.0. The average Bonchev–Trinajstić information content (AvgIpc) is 2.53. The molecule has 0 aliphatic heterocycles. The molecule has 0 saturated heterocycles. The minimum atomic E-state index is -0.363. The van der Waals surface area contributed by atoms with Crippen LogP contribution in [0.2, 0.25) is 0 Å². The Morgan fingerprint density at radius 3 is 2.62 bits per heavy atom. The van der Waals surface area contributed by atoms with E-state index in [4.69, 9.17) is 4.74 Å². The summed E-state index contributed by atoms with van der Waals surface area (Å²) in [6, 6.07) is 6.10. The molecule has 1 aliphatic rings. The minimum Gasteiger partial charge on any atom is -0.455 e. The lowest BCUT2D eigenvalue weighted by molar-refractivity contribution is -0.148. The highest BCUT2D eigenvalue weighted by Gasteiger charge is 2.28. The van der Waals surface area contributed by atoms with Crippen molar-refractivity contribution in [1.82, 2.24) is 5.32 Å². The third-order valence-corrected chi connectivity index (χ3v) is 5.34. The van der Waals surface area contributed by atoms with Crippen LogP contribution in [-0.4, -0.2) is 24.5 Å². The fourth-order valence-electron chi connectivity index (χ4n) is 3.31. The Labute approximate surface area is 145 Å². The molecule has 1 aromatic carbocycles. The van der Waals surface area contributed by atoms with Gasteiger partial charge in [0.2, 0.25) is 0 Å². The molecule has 1 amide bonds. The lowest BCUT2D eigenvalue weighted by Crippen LogP contribution is -2.45. The number of nitrogens with one attached hydrogen (secondary N) is 1. The Balaban J connectivity index is 1.76. The summed E-state index contributed by atoms with van der Waals surface area (Å²) in [5, 5.41) is 3.02. The number of benzene rings is 1. The smallest absolute Gasteiger partial charge is 0.310 e. The van der Waals surface area contributed by atoms with Crippen molar-refractivity contribution in [3.05, 3.63) is 34.9 Å². The molecule has 1 aliphatic carbocycles. The third kappa shape index (κ3) is 5.08. The van der Waals surface area contributed by atoms with Gasteiger partial charge in [0.05, 0.1) is 6.42 Å². The highest BCUT2D eigenvalue weighted by molar-refractivity contribution is 5.81. The topological polar surface area (TPSA) is 55.4 Å². The normalized spacial score (nSPS) is 23.6. The van der Waals surface area contributed by atoms with Crippen molar-refractivity contribution in [2.75, 3.05) is 6.61 Å². The molecule has 132 valence electrons. The van der Waals surface area contributed by atoms with Gasteiger partial charge in [0.25, 0.3) is 5.91 Å². The van der Waals surface area contributed by atoms with E-state index in [-0.39, 0.29) is 30.9 Å². The standard InChI is InChI=1S/C20H29NO3/c1-13-8-9-17(10-15(13)3)11-20(23)24-12-19(22)21-18-7-5-6-14(2)16(18)4/h8-10,14,16,18H,5-7,11-12H2,1-4H3,(H,21,22)/t14-,16+,18-/m0/s1. The van der Waals surface area contributed by atoms with Crippen LogP contribution < -0.4 is 5.32 Å². The second-order valence-electron chi connectivity index (χ2n) is 7.20. The van der Waals surface area contributed by atoms with E-state index in [2.05, 4.69) is 19.2 Å². The molecule has 4 heteroatoms. The van der Waals surface area contributed by atoms with Gasteiger partial charge in [-0.1, -0.05) is 44.9 Å². The Hall–Kier alpha value is -1.84. The highest BCUT2D eigenvalue weighted by atomic mass is 16.5. The Bertz CT molecular complexity index is 597. The van der Waals surface area contributed by atoms with Crippen molar-refractivity contribution >= 4 is 11.9 Å². The molecule has 4 nitrogen and oxygen atoms in total. The summed E-state index contributed by atoms with van der Waals surface area (Å²) in [7, 11) is 0. The predicted molar refractivity (Wildman–Crippen MR) is 94.7 cm³/mol. The third-order valence-electron chi connectivity index (χ3n) is 5.34. The molecule has 3 atom stereocenters. The first kappa shape index (κ1) is 18.5. The molecule has 0 spiro atoms. The Morgan fingerprint density at radius 2 is 1.92 bits per heavy atom. The first-order chi connectivity index (χ1) is 11.4. The van der Waals surface area contributed by atoms with Crippen molar-refractivity contribution in [3.8, 4) is 0 Å². The molecule has 2 rings (SSSR count). The van der Waals surface area contributed by atoms with Crippen LogP contribution in [0.5, 0.6) is 0 Å². The van der Waals surface area contributed by atoms with Crippen molar-refractivity contribution in [2.24, 2.45) is 11.8 Å². The molecular weight excluding hydrogens is 302 g/mol. The molecular formula is C20H29NO3. The molecule has 1 saturated carbocycles. The first-order valence-electron chi connectivity index (χ1n) is 8.88. The maximum absolute atomic E-state index is 12.0. The second-order valence-corrected chi connectivity index (χ2v) is 7.20. The van der Waals surface area contributed by atoms with Gasteiger partial charge in [-0.05, 0) is 48.8 Å². The van der Waals surface area contributed by atoms with E-state index >= 15 is 0 Å². The van der Waals surface area contributed by atoms with Gasteiger partial charge in [0.1, 0.15) is 0 Å². The van der Waals surface area contributed by atoms with Crippen LogP contribution in [0.4, 0.5) is 0 Å². The number of carbonyl (C=O) groups excluding carboxylic acids is 2. The lowest BCUT2D eigenvalue weighted by Gasteiger charge is -2.34. The summed E-state index contributed by atoms with van der Waals surface area (Å²) < 4.78 is 5.13. The molecule has 24 heavy (non-hydrogen) atoms. The number of amides is 1. The van der Waals surface area contributed by atoms with Crippen LogP contribution in [0.25, 0.3) is 0 Å². The molecule has 0 aromatic heterocycles. The van der Waals surface area contributed by atoms with Crippen molar-refractivity contribution in [3.63, 3.8) is 0 Å². The molecule has 0 unspecified atom stereocenters. The summed E-state index contributed by atoms with van der Waals surface area (Å²) in [6.45, 7) is 8.27. The minimum absolute atomic E-state index is 0.193. The van der Waals surface area contributed by atoms with Gasteiger partial charge in [-0.2, -0.15) is 0 Å². The van der Waals surface area contributed by atoms with E-state index < -0.39 is 0 Å². The number of esters is 1. The van der Waals surface area contributed by atoms with Crippen LogP contribution >= 0.6 is 0 Å². The van der Waals surface area contributed by atoms with Crippen LogP contribution in [0.15, 0.2) is 18.2 Å². The molecule has 0 radical (unpaired) electrons. The van der Waals surface area contributed by atoms with Gasteiger partial charge in [0.15, 0.2) is 6.61 Å². The number of carbonyl (C=O) groups is 2. The average molecular weight is 331 g/mol. The summed E-state index contributed by atoms with van der Waals surface area (Å²) in [5.41, 5.74) is 3.26. The highest BCUT2D eigenvalue weighted by Crippen LogP contribution is 2.29. The van der Waals surface area contributed by atoms with Crippen LogP contribution in [0.1, 0.15) is 49.8 Å². The largest absolute Gasteiger partial charge is 0.455 e. The van der Waals surface area contributed by atoms with E-state index in [9.17, 15) is 9.59 Å². The zero-order valence-corrected chi connectivity index (χ0v) is 15.2. The fourth-order valence-corrected chi connectivity index (χ4v) is 3.31. The van der Waals surface area contributed by atoms with E-state index in [1.54, 1.807) is 0 Å². The number of hydrogen-bond acceptors (Lipinski definition) is 3. The number of hydrogen-bond donors (Lipinski definition) is 1. The van der Waals surface area contributed by atoms with Crippen LogP contribution in [-0.2, 0) is 20.7 Å². The van der Waals surface area contributed by atoms with E-state index in [1.807, 2.05) is 32.0 Å². The maximum atomic E-state index is 12.0. The van der Waals surface area contributed by atoms with Crippen molar-refractivity contribution in [2.45, 2.75) is 59.4 Å². The Morgan fingerprint density at radius 1 is 1.17 bits per heavy atom. The zero-order valence-electron chi connectivity index (χ0n) is 15.2. The summed E-state index contributed by atoms with van der Waals surface area (Å²) in [5.74, 6) is 0.526. The van der Waals surface area contributed by atoms with E-state index in [0.717, 1.165) is 24.0 Å². The van der Waals surface area contributed by atoms with E-state index in [0.29, 0.717) is 11.8 Å². The van der Waals surface area contributed by atoms with Gasteiger partial charge in [-0.3, -0.25) is 9.59 Å². The molecule has 1 fully saturated rings. The second kappa shape index (κ2) is 8.32. The van der Waals surface area contributed by atoms with E-state index in [1.165, 1.54) is 12.0 Å². The monoisotopic (exact) mass is 331 g/mol. The lowest BCUT2D eigenvalue weighted by atomic mass is 9.78. The van der Waals surface area contributed by atoms with Gasteiger partial charge in [0, 0.05) is 6.04 Å². The number of rotatable bonds is 5. The quantitative estimate of drug-likeness (QED) is 0.842. The van der Waals surface area contributed by atoms with Crippen molar-refractivity contribution < 1.29 is 14.3 Å². The Kier molecular flexibility index (Phi) is 6.41. The van der Waals surface area contributed by atoms with Gasteiger partial charge < -0.3 is 10.1 Å². The summed E-state index contributed by atoms with van der Waals surface area (Å²) in [6.07, 6.45) is 3.57. The van der Waals surface area contributed by atoms with Gasteiger partial charge >= 0.3 is 5.97 Å². The number of aryl methyl sites for hydroxylation is 2. The molecule has 0 bridgehead atoms.